The third-order valence-corrected chi connectivity index (χ3v) is 7.77. The van der Waals surface area contributed by atoms with Crippen molar-refractivity contribution in [1.82, 2.24) is 14.9 Å². The van der Waals surface area contributed by atoms with Crippen molar-refractivity contribution in [2.45, 2.75) is 44.3 Å². The van der Waals surface area contributed by atoms with E-state index in [9.17, 15) is 23.0 Å². The van der Waals surface area contributed by atoms with E-state index < -0.39 is 22.1 Å². The molecule has 1 aliphatic rings. The van der Waals surface area contributed by atoms with Crippen molar-refractivity contribution < 1.29 is 32.5 Å². The average molecular weight is 540 g/mol. The van der Waals surface area contributed by atoms with Gasteiger partial charge in [0, 0.05) is 57.8 Å². The Morgan fingerprint density at radius 3 is 2.57 bits per heavy atom. The number of hydrogen-bond acceptors (Lipinski definition) is 8. The molecule has 11 heteroatoms. The van der Waals surface area contributed by atoms with Gasteiger partial charge in [0.25, 0.3) is 0 Å². The number of hydrogen-bond donors (Lipinski definition) is 4. The fraction of sp³-hybridized carbons (Fsp3) is 0.538. The third-order valence-electron chi connectivity index (χ3n) is 6.40. The fourth-order valence-electron chi connectivity index (χ4n) is 4.38. The number of sulfonamides is 1. The minimum atomic E-state index is -3.66. The van der Waals surface area contributed by atoms with Crippen LogP contribution in [-0.2, 0) is 20.5 Å². The van der Waals surface area contributed by atoms with Crippen LogP contribution in [0.4, 0.5) is 4.39 Å². The fourth-order valence-corrected chi connectivity index (χ4v) is 5.83. The Morgan fingerprint density at radius 1 is 1.16 bits per heavy atom. The molecule has 2 aromatic rings. The predicted octanol–water partition coefficient (Wildman–Crippen LogP) is 2.36. The molecular formula is C26H38FN3O6S. The number of nitrogens with one attached hydrogen (secondary N) is 2. The molecular weight excluding hydrogens is 501 g/mol. The van der Waals surface area contributed by atoms with Gasteiger partial charge in [-0.1, -0.05) is 18.2 Å². The molecule has 37 heavy (non-hydrogen) atoms. The van der Waals surface area contributed by atoms with Crippen molar-refractivity contribution in [3.05, 3.63) is 59.4 Å². The molecule has 0 spiro atoms. The largest absolute Gasteiger partial charge is 0.504 e. The van der Waals surface area contributed by atoms with E-state index in [1.165, 1.54) is 30.3 Å². The summed E-state index contributed by atoms with van der Waals surface area (Å²) in [7, 11) is -2.06. The summed E-state index contributed by atoms with van der Waals surface area (Å²) in [4.78, 5) is 1.89. The zero-order valence-corrected chi connectivity index (χ0v) is 22.4. The number of nitrogens with zero attached hydrogens (tertiary/aromatic N) is 1. The number of phenols is 1. The van der Waals surface area contributed by atoms with Crippen LogP contribution in [-0.4, -0.2) is 75.6 Å². The van der Waals surface area contributed by atoms with Crippen molar-refractivity contribution in [2.24, 2.45) is 5.92 Å². The van der Waals surface area contributed by atoms with Gasteiger partial charge in [-0.05, 0) is 49.2 Å². The van der Waals surface area contributed by atoms with E-state index in [1.54, 1.807) is 19.2 Å². The van der Waals surface area contributed by atoms with Crippen molar-refractivity contribution in [2.75, 3.05) is 40.0 Å². The number of halogens is 1. The van der Waals surface area contributed by atoms with Gasteiger partial charge in [0.05, 0.1) is 12.4 Å². The van der Waals surface area contributed by atoms with Crippen LogP contribution in [0.1, 0.15) is 37.6 Å². The summed E-state index contributed by atoms with van der Waals surface area (Å²) in [6.07, 6.45) is -0.326. The van der Waals surface area contributed by atoms with Gasteiger partial charge in [-0.2, -0.15) is 0 Å². The van der Waals surface area contributed by atoms with E-state index in [0.29, 0.717) is 50.4 Å². The molecule has 4 N–H and O–H groups in total. The van der Waals surface area contributed by atoms with Crippen LogP contribution in [0.25, 0.3) is 0 Å². The summed E-state index contributed by atoms with van der Waals surface area (Å²) in [6, 6.07) is 9.76. The van der Waals surface area contributed by atoms with Crippen molar-refractivity contribution >= 4 is 10.0 Å². The van der Waals surface area contributed by atoms with Gasteiger partial charge >= 0.3 is 0 Å². The van der Waals surface area contributed by atoms with Crippen LogP contribution in [0.2, 0.25) is 0 Å². The topological polar surface area (TPSA) is 120 Å². The minimum absolute atomic E-state index is 0.0138. The first-order valence-corrected chi connectivity index (χ1v) is 14.1. The maximum absolute atomic E-state index is 13.2. The number of aliphatic hydroxyl groups excluding tert-OH is 1. The van der Waals surface area contributed by atoms with Gasteiger partial charge in [0.2, 0.25) is 10.0 Å². The van der Waals surface area contributed by atoms with E-state index in [4.69, 9.17) is 9.47 Å². The lowest BCUT2D eigenvalue weighted by Crippen LogP contribution is -2.47. The van der Waals surface area contributed by atoms with E-state index in [2.05, 4.69) is 10.0 Å². The van der Waals surface area contributed by atoms with Crippen molar-refractivity contribution in [1.29, 1.82) is 0 Å². The van der Waals surface area contributed by atoms with Crippen LogP contribution < -0.4 is 14.8 Å². The maximum Gasteiger partial charge on any atom is 0.216 e. The molecule has 3 atom stereocenters. The molecule has 0 aromatic heterocycles. The molecule has 1 aliphatic heterocycles. The second kappa shape index (κ2) is 13.5. The highest BCUT2D eigenvalue weighted by molar-refractivity contribution is 7.88. The lowest BCUT2D eigenvalue weighted by molar-refractivity contribution is -0.0285. The highest BCUT2D eigenvalue weighted by Crippen LogP contribution is 2.32. The van der Waals surface area contributed by atoms with E-state index in [-0.39, 0.29) is 35.3 Å². The van der Waals surface area contributed by atoms with Crippen molar-refractivity contribution in [3.63, 3.8) is 0 Å². The van der Waals surface area contributed by atoms with E-state index in [0.717, 1.165) is 0 Å². The van der Waals surface area contributed by atoms with Crippen LogP contribution in [0, 0.1) is 11.7 Å². The molecule has 0 amide bonds. The first-order chi connectivity index (χ1) is 17.6. The maximum atomic E-state index is 13.2. The number of aliphatic hydroxyl groups is 1. The van der Waals surface area contributed by atoms with Gasteiger partial charge in [0.15, 0.2) is 11.5 Å². The number of methoxy groups -OCH3 is 1. The van der Waals surface area contributed by atoms with Crippen LogP contribution in [0.5, 0.6) is 11.5 Å². The number of rotatable bonds is 14. The summed E-state index contributed by atoms with van der Waals surface area (Å²) in [6.45, 7) is 6.30. The minimum Gasteiger partial charge on any atom is -0.504 e. The Hall–Kier alpha value is -2.28. The quantitative estimate of drug-likeness (QED) is 0.213. The third kappa shape index (κ3) is 8.62. The molecule has 2 aromatic carbocycles. The van der Waals surface area contributed by atoms with E-state index >= 15 is 0 Å². The van der Waals surface area contributed by atoms with Gasteiger partial charge in [-0.25, -0.2) is 17.5 Å². The molecule has 0 radical (unpaired) electrons. The zero-order valence-electron chi connectivity index (χ0n) is 21.6. The second-order valence-electron chi connectivity index (χ2n) is 9.61. The Labute approximate surface area is 218 Å². The summed E-state index contributed by atoms with van der Waals surface area (Å²) in [5.74, 6) is -0.486. The Balaban J connectivity index is 1.67. The molecule has 0 saturated carbocycles. The summed E-state index contributed by atoms with van der Waals surface area (Å²) in [5.41, 5.74) is 1.07. The summed E-state index contributed by atoms with van der Waals surface area (Å²) >= 11 is 0. The summed E-state index contributed by atoms with van der Waals surface area (Å²) in [5, 5.41) is 24.7. The van der Waals surface area contributed by atoms with Crippen LogP contribution in [0.3, 0.4) is 0 Å². The number of benzene rings is 2. The lowest BCUT2D eigenvalue weighted by atomic mass is 10.0. The molecule has 1 fully saturated rings. The van der Waals surface area contributed by atoms with Crippen LogP contribution in [0.15, 0.2) is 42.5 Å². The Bertz CT molecular complexity index is 1100. The first kappa shape index (κ1) is 29.3. The average Bonchev–Trinajstić information content (AvgIpc) is 3.27. The zero-order chi connectivity index (χ0) is 27.0. The van der Waals surface area contributed by atoms with E-state index in [1.807, 2.05) is 18.7 Å². The molecule has 0 bridgehead atoms. The van der Waals surface area contributed by atoms with Gasteiger partial charge in [0.1, 0.15) is 12.0 Å². The highest BCUT2D eigenvalue weighted by atomic mass is 32.2. The molecule has 206 valence electrons. The second-order valence-corrected chi connectivity index (χ2v) is 11.4. The SMILES string of the molecule is COCCCOc1cc(C(O)N(C[C@@H]2CNC[C@H]2NS(=O)(=O)Cc2ccc(F)cc2)C(C)C)ccc1O. The molecule has 0 aliphatic carbocycles. The predicted molar refractivity (Wildman–Crippen MR) is 139 cm³/mol. The highest BCUT2D eigenvalue weighted by Gasteiger charge is 2.34. The smallest absolute Gasteiger partial charge is 0.216 e. The van der Waals surface area contributed by atoms with Crippen molar-refractivity contribution in [3.8, 4) is 11.5 Å². The lowest BCUT2D eigenvalue weighted by Gasteiger charge is -2.35. The monoisotopic (exact) mass is 539 g/mol. The summed E-state index contributed by atoms with van der Waals surface area (Å²) < 4.78 is 52.3. The number of phenolic OH excluding ortho intramolecular Hbond substituents is 1. The molecule has 1 heterocycles. The number of ether oxygens (including phenoxy) is 2. The van der Waals surface area contributed by atoms with Crippen LogP contribution >= 0.6 is 0 Å². The van der Waals surface area contributed by atoms with Gasteiger partial charge < -0.3 is 25.0 Å². The molecule has 9 nitrogen and oxygen atoms in total. The Kier molecular flexibility index (Phi) is 10.7. The number of aromatic hydroxyl groups is 1. The molecule has 1 saturated heterocycles. The molecule has 1 unspecified atom stereocenters. The first-order valence-electron chi connectivity index (χ1n) is 12.4. The Morgan fingerprint density at radius 2 is 1.89 bits per heavy atom. The standard InChI is InChI=1S/C26H38FN3O6S/c1-18(2)30(26(32)20-7-10-24(31)25(13-20)36-12-4-11-35-3)16-21-14-28-15-23(21)29-37(33,34)17-19-5-8-22(27)9-6-19/h5-10,13,18,21,23,26,28-29,31-32H,4,11-12,14-17H2,1-3H3/t21-,23+,26?/m0/s1. The van der Waals surface area contributed by atoms with Gasteiger partial charge in [-0.15, -0.1) is 0 Å². The normalized spacial score (nSPS) is 19.0. The molecule has 3 rings (SSSR count). The van der Waals surface area contributed by atoms with Gasteiger partial charge in [-0.3, -0.25) is 4.90 Å².